The average Bonchev–Trinajstić information content (AvgIpc) is 3.29. The molecule has 28 heavy (non-hydrogen) atoms. The van der Waals surface area contributed by atoms with Gasteiger partial charge in [-0.1, -0.05) is 36.4 Å². The predicted molar refractivity (Wildman–Crippen MR) is 101 cm³/mol. The lowest BCUT2D eigenvalue weighted by molar-refractivity contribution is -0.140. The molecule has 0 spiro atoms. The van der Waals surface area contributed by atoms with Crippen molar-refractivity contribution in [3.8, 4) is 0 Å². The minimum Gasteiger partial charge on any atom is -0.451 e. The molecule has 0 bridgehead atoms. The summed E-state index contributed by atoms with van der Waals surface area (Å²) in [5.41, 5.74) is 2.10. The van der Waals surface area contributed by atoms with Crippen molar-refractivity contribution in [2.45, 2.75) is 25.3 Å². The molecule has 0 unspecified atom stereocenters. The van der Waals surface area contributed by atoms with Crippen molar-refractivity contribution >= 4 is 35.2 Å². The first-order valence-electron chi connectivity index (χ1n) is 8.60. The smallest absolute Gasteiger partial charge is 0.348 e. The Morgan fingerprint density at radius 3 is 2.61 bits per heavy atom. The standard InChI is InChI=1S/C19H19N3O5S/c1-19(10-9-13-6-3-2-4-7-13)17(25)22(18(26)20-19)21-15(23)12-27-16(24)14-8-5-11-28-14/h2-8,11H,9-10,12H2,1H3,(H,20,26)(H,21,23)/t19-/m1/s1. The van der Waals surface area contributed by atoms with E-state index in [1.54, 1.807) is 24.4 Å². The van der Waals surface area contributed by atoms with Crippen LogP contribution in [-0.4, -0.2) is 41.0 Å². The highest BCUT2D eigenvalue weighted by Crippen LogP contribution is 2.22. The maximum Gasteiger partial charge on any atom is 0.348 e. The van der Waals surface area contributed by atoms with Gasteiger partial charge < -0.3 is 10.1 Å². The molecule has 146 valence electrons. The number of hydrogen-bond acceptors (Lipinski definition) is 6. The number of carbonyl (C=O) groups excluding carboxylic acids is 4. The van der Waals surface area contributed by atoms with Crippen LogP contribution in [-0.2, 0) is 20.7 Å². The third kappa shape index (κ3) is 4.37. The number of esters is 1. The van der Waals surface area contributed by atoms with Crippen LogP contribution in [0.4, 0.5) is 4.79 Å². The average molecular weight is 401 g/mol. The van der Waals surface area contributed by atoms with Gasteiger partial charge in [0.1, 0.15) is 10.4 Å². The lowest BCUT2D eigenvalue weighted by Gasteiger charge is -2.21. The third-order valence-electron chi connectivity index (χ3n) is 4.31. The van der Waals surface area contributed by atoms with E-state index in [1.165, 1.54) is 11.3 Å². The molecule has 3 rings (SSSR count). The lowest BCUT2D eigenvalue weighted by atomic mass is 9.93. The largest absolute Gasteiger partial charge is 0.451 e. The number of rotatable bonds is 7. The Hall–Kier alpha value is -3.20. The first kappa shape index (κ1) is 19.6. The molecule has 1 aliphatic heterocycles. The molecule has 9 heteroatoms. The lowest BCUT2D eigenvalue weighted by Crippen LogP contribution is -2.50. The van der Waals surface area contributed by atoms with Crippen LogP contribution in [0.2, 0.25) is 0 Å². The molecular formula is C19H19N3O5S. The Labute approximate surface area is 165 Å². The number of hydrogen-bond donors (Lipinski definition) is 2. The van der Waals surface area contributed by atoms with Gasteiger partial charge in [0.05, 0.1) is 0 Å². The van der Waals surface area contributed by atoms with E-state index in [2.05, 4.69) is 10.7 Å². The second-order valence-electron chi connectivity index (χ2n) is 6.48. The van der Waals surface area contributed by atoms with Crippen LogP contribution in [0.1, 0.15) is 28.6 Å². The summed E-state index contributed by atoms with van der Waals surface area (Å²) in [7, 11) is 0. The normalized spacial score (nSPS) is 18.7. The fourth-order valence-electron chi connectivity index (χ4n) is 2.75. The van der Waals surface area contributed by atoms with Gasteiger partial charge in [0.2, 0.25) is 0 Å². The first-order chi connectivity index (χ1) is 13.4. The van der Waals surface area contributed by atoms with Gasteiger partial charge in [-0.05, 0) is 36.8 Å². The van der Waals surface area contributed by atoms with E-state index in [0.29, 0.717) is 22.7 Å². The summed E-state index contributed by atoms with van der Waals surface area (Å²) in [4.78, 5) is 48.9. The van der Waals surface area contributed by atoms with Crippen molar-refractivity contribution in [3.63, 3.8) is 0 Å². The summed E-state index contributed by atoms with van der Waals surface area (Å²) in [5.74, 6) is -1.98. The Bertz CT molecular complexity index is 884. The van der Waals surface area contributed by atoms with Crippen LogP contribution in [0, 0.1) is 0 Å². The highest BCUT2D eigenvalue weighted by atomic mass is 32.1. The minimum atomic E-state index is -1.13. The van der Waals surface area contributed by atoms with Crippen LogP contribution < -0.4 is 10.7 Å². The van der Waals surface area contributed by atoms with E-state index in [-0.39, 0.29) is 0 Å². The number of urea groups is 1. The number of nitrogens with one attached hydrogen (secondary N) is 2. The number of benzene rings is 1. The highest BCUT2D eigenvalue weighted by Gasteiger charge is 2.48. The molecule has 0 radical (unpaired) electrons. The molecule has 1 aliphatic rings. The van der Waals surface area contributed by atoms with Gasteiger partial charge in [0.15, 0.2) is 6.61 Å². The summed E-state index contributed by atoms with van der Waals surface area (Å²) in [6, 6.07) is 12.1. The van der Waals surface area contributed by atoms with Gasteiger partial charge in [-0.25, -0.2) is 9.59 Å². The quantitative estimate of drug-likeness (QED) is 0.544. The van der Waals surface area contributed by atoms with Gasteiger partial charge in [-0.3, -0.25) is 15.0 Å². The minimum absolute atomic E-state index is 0.358. The Morgan fingerprint density at radius 2 is 1.93 bits per heavy atom. The number of thiophene rings is 1. The number of carbonyl (C=O) groups is 4. The van der Waals surface area contributed by atoms with Crippen molar-refractivity contribution in [2.75, 3.05) is 6.61 Å². The Morgan fingerprint density at radius 1 is 1.18 bits per heavy atom. The van der Waals surface area contributed by atoms with E-state index < -0.39 is 36.0 Å². The van der Waals surface area contributed by atoms with Gasteiger partial charge in [0, 0.05) is 0 Å². The number of hydrazine groups is 1. The highest BCUT2D eigenvalue weighted by molar-refractivity contribution is 7.11. The van der Waals surface area contributed by atoms with Crippen molar-refractivity contribution in [1.29, 1.82) is 0 Å². The second kappa shape index (κ2) is 8.22. The van der Waals surface area contributed by atoms with Crippen molar-refractivity contribution in [1.82, 2.24) is 15.8 Å². The molecular weight excluding hydrogens is 382 g/mol. The SMILES string of the molecule is C[C@]1(CCc2ccccc2)NC(=O)N(NC(=O)COC(=O)c2cccs2)C1=O. The van der Waals surface area contributed by atoms with Crippen LogP contribution in [0.3, 0.4) is 0 Å². The molecule has 1 saturated heterocycles. The monoisotopic (exact) mass is 401 g/mol. The van der Waals surface area contributed by atoms with Crippen molar-refractivity contribution in [2.24, 2.45) is 0 Å². The first-order valence-corrected chi connectivity index (χ1v) is 9.48. The topological polar surface area (TPSA) is 105 Å². The van der Waals surface area contributed by atoms with E-state index in [9.17, 15) is 19.2 Å². The maximum absolute atomic E-state index is 12.6. The molecule has 1 atom stereocenters. The number of nitrogens with zero attached hydrogens (tertiary/aromatic N) is 1. The summed E-state index contributed by atoms with van der Waals surface area (Å²) in [6.07, 6.45) is 0.963. The summed E-state index contributed by atoms with van der Waals surface area (Å²) >= 11 is 1.18. The molecule has 2 heterocycles. The zero-order valence-corrected chi connectivity index (χ0v) is 16.0. The van der Waals surface area contributed by atoms with Crippen LogP contribution in [0.25, 0.3) is 0 Å². The Kier molecular flexibility index (Phi) is 5.74. The van der Waals surface area contributed by atoms with Crippen molar-refractivity contribution in [3.05, 3.63) is 58.3 Å². The van der Waals surface area contributed by atoms with Crippen molar-refractivity contribution < 1.29 is 23.9 Å². The van der Waals surface area contributed by atoms with E-state index in [0.717, 1.165) is 5.56 Å². The zero-order valence-electron chi connectivity index (χ0n) is 15.1. The molecule has 2 N–H and O–H groups in total. The number of amides is 4. The fourth-order valence-corrected chi connectivity index (χ4v) is 3.36. The number of aryl methyl sites for hydroxylation is 1. The van der Waals surface area contributed by atoms with Gasteiger partial charge in [0.25, 0.3) is 11.8 Å². The molecule has 8 nitrogen and oxygen atoms in total. The molecule has 2 aromatic rings. The van der Waals surface area contributed by atoms with Crippen LogP contribution in [0.5, 0.6) is 0 Å². The predicted octanol–water partition coefficient (Wildman–Crippen LogP) is 1.88. The molecule has 0 aliphatic carbocycles. The maximum atomic E-state index is 12.6. The second-order valence-corrected chi connectivity index (χ2v) is 7.42. The van der Waals surface area contributed by atoms with Gasteiger partial charge in [-0.15, -0.1) is 11.3 Å². The third-order valence-corrected chi connectivity index (χ3v) is 5.16. The molecule has 4 amide bonds. The zero-order chi connectivity index (χ0) is 20.1. The molecule has 1 fully saturated rings. The van der Waals surface area contributed by atoms with E-state index in [1.807, 2.05) is 30.3 Å². The van der Waals surface area contributed by atoms with E-state index in [4.69, 9.17) is 4.74 Å². The van der Waals surface area contributed by atoms with Gasteiger partial charge in [-0.2, -0.15) is 5.01 Å². The number of imide groups is 1. The summed E-state index contributed by atoms with van der Waals surface area (Å²) in [6.45, 7) is 1.01. The fraction of sp³-hybridized carbons (Fsp3) is 0.263. The van der Waals surface area contributed by atoms with Gasteiger partial charge >= 0.3 is 12.0 Å². The molecule has 0 saturated carbocycles. The summed E-state index contributed by atoms with van der Waals surface area (Å²) < 4.78 is 4.88. The molecule has 1 aromatic heterocycles. The number of ether oxygens (including phenoxy) is 1. The van der Waals surface area contributed by atoms with Crippen LogP contribution >= 0.6 is 11.3 Å². The summed E-state index contributed by atoms with van der Waals surface area (Å²) in [5, 5.41) is 4.95. The Balaban J connectivity index is 1.54. The van der Waals surface area contributed by atoms with Crippen LogP contribution in [0.15, 0.2) is 47.8 Å². The van der Waals surface area contributed by atoms with E-state index >= 15 is 0 Å². The molecule has 1 aromatic carbocycles.